The molecule has 0 saturated heterocycles. The molecule has 0 aliphatic carbocycles. The third kappa shape index (κ3) is 3.21. The first-order valence-electron chi connectivity index (χ1n) is 5.47. The Balaban J connectivity index is 2.18. The molecular weight excluding hydrogens is 381 g/mol. The predicted molar refractivity (Wildman–Crippen MR) is 77.8 cm³/mol. The van der Waals surface area contributed by atoms with Gasteiger partial charge in [-0.1, -0.05) is 0 Å². The summed E-state index contributed by atoms with van der Waals surface area (Å²) in [7, 11) is 1.46. The van der Waals surface area contributed by atoms with E-state index in [1.165, 1.54) is 25.4 Å². The highest BCUT2D eigenvalue weighted by atomic mass is 127. The Morgan fingerprint density at radius 3 is 2.45 bits per heavy atom. The summed E-state index contributed by atoms with van der Waals surface area (Å²) in [6.07, 6.45) is 1.31. The number of nitrogens with zero attached hydrogens (tertiary/aromatic N) is 1. The molecule has 0 saturated carbocycles. The molecule has 1 N–H and O–H groups in total. The molecule has 1 amide bonds. The predicted octanol–water partition coefficient (Wildman–Crippen LogP) is 3.23. The van der Waals surface area contributed by atoms with Crippen molar-refractivity contribution in [2.24, 2.45) is 0 Å². The van der Waals surface area contributed by atoms with Crippen LogP contribution in [0.1, 0.15) is 10.4 Å². The molecule has 0 bridgehead atoms. The third-order valence-corrected chi connectivity index (χ3v) is 3.48. The van der Waals surface area contributed by atoms with Gasteiger partial charge in [0.15, 0.2) is 0 Å². The van der Waals surface area contributed by atoms with Crippen molar-refractivity contribution in [3.8, 4) is 5.88 Å². The molecule has 1 aromatic heterocycles. The van der Waals surface area contributed by atoms with Crippen LogP contribution in [-0.2, 0) is 0 Å². The Morgan fingerprint density at radius 2 is 1.95 bits per heavy atom. The summed E-state index contributed by atoms with van der Waals surface area (Å²) in [5.41, 5.74) is 0.298. The second kappa shape index (κ2) is 6.12. The molecule has 0 radical (unpaired) electrons. The number of benzene rings is 1. The van der Waals surface area contributed by atoms with E-state index < -0.39 is 17.5 Å². The Kier molecular flexibility index (Phi) is 4.48. The lowest BCUT2D eigenvalue weighted by Gasteiger charge is -2.07. The molecule has 0 fully saturated rings. The molecule has 1 aromatic carbocycles. The molecule has 0 atom stereocenters. The van der Waals surface area contributed by atoms with Crippen molar-refractivity contribution in [2.75, 3.05) is 12.4 Å². The number of methoxy groups -OCH3 is 1. The van der Waals surface area contributed by atoms with Crippen LogP contribution in [0.5, 0.6) is 5.88 Å². The lowest BCUT2D eigenvalue weighted by atomic mass is 10.2. The maximum Gasteiger partial charge on any atom is 0.257 e. The van der Waals surface area contributed by atoms with Gasteiger partial charge in [0.25, 0.3) is 5.91 Å². The van der Waals surface area contributed by atoms with Crippen LogP contribution in [0.15, 0.2) is 30.5 Å². The molecule has 20 heavy (non-hydrogen) atoms. The monoisotopic (exact) mass is 390 g/mol. The summed E-state index contributed by atoms with van der Waals surface area (Å²) >= 11 is 1.55. The first-order chi connectivity index (χ1) is 9.51. The van der Waals surface area contributed by atoms with E-state index in [1.54, 1.807) is 22.6 Å². The van der Waals surface area contributed by atoms with Crippen molar-refractivity contribution in [1.82, 2.24) is 4.98 Å². The Morgan fingerprint density at radius 1 is 1.30 bits per heavy atom. The number of carbonyl (C=O) groups is 1. The first kappa shape index (κ1) is 14.6. The van der Waals surface area contributed by atoms with Gasteiger partial charge in [-0.3, -0.25) is 4.79 Å². The van der Waals surface area contributed by atoms with Crippen molar-refractivity contribution in [3.05, 3.63) is 51.2 Å². The fourth-order valence-corrected chi connectivity index (χ4v) is 1.78. The zero-order valence-corrected chi connectivity index (χ0v) is 12.4. The molecule has 7 heteroatoms. The number of ether oxygens (including phenoxy) is 1. The minimum absolute atomic E-state index is 0.0428. The Hall–Kier alpha value is -1.77. The maximum absolute atomic E-state index is 13.4. The number of amides is 1. The zero-order chi connectivity index (χ0) is 14.7. The zero-order valence-electron chi connectivity index (χ0n) is 10.3. The molecule has 1 heterocycles. The van der Waals surface area contributed by atoms with Crippen LogP contribution in [0.4, 0.5) is 14.5 Å². The summed E-state index contributed by atoms with van der Waals surface area (Å²) < 4.78 is 31.5. The highest BCUT2D eigenvalue weighted by Crippen LogP contribution is 2.21. The van der Waals surface area contributed by atoms with E-state index in [1.807, 2.05) is 0 Å². The van der Waals surface area contributed by atoms with Gasteiger partial charge in [0.05, 0.1) is 16.2 Å². The van der Waals surface area contributed by atoms with Crippen LogP contribution in [-0.4, -0.2) is 18.0 Å². The molecule has 104 valence electrons. The number of aromatic nitrogens is 1. The van der Waals surface area contributed by atoms with Crippen molar-refractivity contribution in [1.29, 1.82) is 0 Å². The van der Waals surface area contributed by atoms with E-state index in [0.717, 1.165) is 12.1 Å². The number of halogens is 3. The number of anilines is 1. The van der Waals surface area contributed by atoms with E-state index in [2.05, 4.69) is 10.3 Å². The van der Waals surface area contributed by atoms with Gasteiger partial charge in [-0.15, -0.1) is 0 Å². The second-order valence-corrected chi connectivity index (χ2v) is 4.88. The number of hydrogen-bond donors (Lipinski definition) is 1. The smallest absolute Gasteiger partial charge is 0.257 e. The molecule has 0 aliphatic heterocycles. The van der Waals surface area contributed by atoms with E-state index in [-0.39, 0.29) is 14.8 Å². The SMILES string of the molecule is COc1ccc(C(=O)Nc2cc(F)c(I)c(F)c2)cn1. The number of pyridine rings is 1. The van der Waals surface area contributed by atoms with Gasteiger partial charge in [-0.25, -0.2) is 13.8 Å². The maximum atomic E-state index is 13.4. The molecule has 0 spiro atoms. The highest BCUT2D eigenvalue weighted by molar-refractivity contribution is 14.1. The van der Waals surface area contributed by atoms with E-state index in [0.29, 0.717) is 5.88 Å². The van der Waals surface area contributed by atoms with Gasteiger partial charge >= 0.3 is 0 Å². The topological polar surface area (TPSA) is 51.2 Å². The average molecular weight is 390 g/mol. The number of nitrogens with one attached hydrogen (secondary N) is 1. The van der Waals surface area contributed by atoms with Gasteiger partial charge in [0.2, 0.25) is 5.88 Å². The number of carbonyl (C=O) groups excluding carboxylic acids is 1. The van der Waals surface area contributed by atoms with Gasteiger partial charge in [0, 0.05) is 18.0 Å². The minimum atomic E-state index is -0.728. The van der Waals surface area contributed by atoms with Crippen molar-refractivity contribution in [3.63, 3.8) is 0 Å². The van der Waals surface area contributed by atoms with Crippen LogP contribution in [0, 0.1) is 15.2 Å². The first-order valence-corrected chi connectivity index (χ1v) is 6.55. The molecular formula is C13H9F2IN2O2. The average Bonchev–Trinajstić information content (AvgIpc) is 2.44. The largest absolute Gasteiger partial charge is 0.481 e. The molecule has 0 unspecified atom stereocenters. The van der Waals surface area contributed by atoms with Gasteiger partial charge in [-0.05, 0) is 40.8 Å². The Labute approximate surface area is 127 Å². The standard InChI is InChI=1S/C13H9F2IN2O2/c1-20-11-3-2-7(6-17-11)13(19)18-8-4-9(14)12(16)10(15)5-8/h2-6H,1H3,(H,18,19). The van der Waals surface area contributed by atoms with Crippen LogP contribution >= 0.6 is 22.6 Å². The summed E-state index contributed by atoms with van der Waals surface area (Å²) in [6, 6.07) is 5.13. The normalized spacial score (nSPS) is 10.2. The van der Waals surface area contributed by atoms with Gasteiger partial charge in [-0.2, -0.15) is 0 Å². The molecule has 2 rings (SSSR count). The van der Waals surface area contributed by atoms with Crippen molar-refractivity contribution in [2.45, 2.75) is 0 Å². The fraction of sp³-hybridized carbons (Fsp3) is 0.0769. The van der Waals surface area contributed by atoms with Crippen LogP contribution in [0.25, 0.3) is 0 Å². The van der Waals surface area contributed by atoms with Crippen LogP contribution < -0.4 is 10.1 Å². The van der Waals surface area contributed by atoms with Crippen LogP contribution in [0.2, 0.25) is 0 Å². The lowest BCUT2D eigenvalue weighted by molar-refractivity contribution is 0.102. The minimum Gasteiger partial charge on any atom is -0.481 e. The van der Waals surface area contributed by atoms with E-state index in [4.69, 9.17) is 4.74 Å². The van der Waals surface area contributed by atoms with Gasteiger partial charge in [0.1, 0.15) is 11.6 Å². The second-order valence-electron chi connectivity index (χ2n) is 3.80. The quantitative estimate of drug-likeness (QED) is 0.647. The lowest BCUT2D eigenvalue weighted by Crippen LogP contribution is -2.13. The fourth-order valence-electron chi connectivity index (χ4n) is 1.47. The summed E-state index contributed by atoms with van der Waals surface area (Å²) in [4.78, 5) is 15.8. The Bertz CT molecular complexity index is 624. The van der Waals surface area contributed by atoms with Gasteiger partial charge < -0.3 is 10.1 Å². The van der Waals surface area contributed by atoms with Crippen molar-refractivity contribution < 1.29 is 18.3 Å². The molecule has 4 nitrogen and oxygen atoms in total. The molecule has 2 aromatic rings. The van der Waals surface area contributed by atoms with Crippen LogP contribution in [0.3, 0.4) is 0 Å². The summed E-state index contributed by atoms with van der Waals surface area (Å²) in [5, 5.41) is 2.40. The molecule has 0 aliphatic rings. The van der Waals surface area contributed by atoms with Crippen molar-refractivity contribution >= 4 is 34.2 Å². The summed E-state index contributed by atoms with van der Waals surface area (Å²) in [6.45, 7) is 0. The number of rotatable bonds is 3. The highest BCUT2D eigenvalue weighted by Gasteiger charge is 2.12. The number of hydrogen-bond acceptors (Lipinski definition) is 3. The third-order valence-electron chi connectivity index (χ3n) is 2.45. The van der Waals surface area contributed by atoms with E-state index in [9.17, 15) is 13.6 Å². The summed E-state index contributed by atoms with van der Waals surface area (Å²) in [5.74, 6) is -1.60. The van der Waals surface area contributed by atoms with E-state index >= 15 is 0 Å².